The molecular weight excluding hydrogens is 580 g/mol. The molecule has 0 aliphatic heterocycles. The average Bonchev–Trinajstić information content (AvgIpc) is 3.72. The van der Waals surface area contributed by atoms with Gasteiger partial charge in [-0.2, -0.15) is 0 Å². The van der Waals surface area contributed by atoms with Crippen molar-refractivity contribution in [3.63, 3.8) is 0 Å². The van der Waals surface area contributed by atoms with Crippen LogP contribution < -0.4 is 20.9 Å². The number of carbonyl (C=O) groups is 4. The van der Waals surface area contributed by atoms with Crippen LogP contribution in [-0.2, 0) is 44.9 Å². The summed E-state index contributed by atoms with van der Waals surface area (Å²) in [5, 5.41) is 8.70. The zero-order valence-electron chi connectivity index (χ0n) is 29.2. The standard InChI is InChI=1S/C43H40O4/c1-16-20(5)42-30-14-34(46)26(38(30)18(3)22(7)40(42)28-12-32(44)24(9)36(16)28)11-27-35(47)15-31-39(27)19(4)23(8)41-29-13-33(45)25(10)37(29)17(2)21(6)43(31)41/h11-15H2,1-10H3. The number of fused-ring (bicyclic) bond motifs is 10. The molecule has 0 spiro atoms. The van der Waals surface area contributed by atoms with Crippen LogP contribution in [0.1, 0.15) is 87.0 Å². The van der Waals surface area contributed by atoms with Gasteiger partial charge in [0.2, 0.25) is 0 Å². The lowest BCUT2D eigenvalue weighted by molar-refractivity contribution is -0.114. The van der Waals surface area contributed by atoms with Gasteiger partial charge in [-0.3, -0.25) is 19.2 Å². The highest BCUT2D eigenvalue weighted by atomic mass is 16.1. The Bertz CT molecular complexity index is 2460. The Morgan fingerprint density at radius 1 is 0.340 bits per heavy atom. The van der Waals surface area contributed by atoms with E-state index in [1.54, 1.807) is 0 Å². The summed E-state index contributed by atoms with van der Waals surface area (Å²) >= 11 is 0. The third-order valence-corrected chi connectivity index (χ3v) is 12.7. The minimum absolute atomic E-state index is 0.0876. The minimum atomic E-state index is 0.0876. The Hall–Kier alpha value is -4.44. The molecule has 4 aliphatic rings. The van der Waals surface area contributed by atoms with Crippen LogP contribution in [0.25, 0.3) is 43.8 Å². The number of hydrogen-bond acceptors (Lipinski definition) is 4. The fourth-order valence-electron chi connectivity index (χ4n) is 9.93. The van der Waals surface area contributed by atoms with Crippen molar-refractivity contribution in [2.45, 2.75) is 101 Å². The molecule has 0 fully saturated rings. The van der Waals surface area contributed by atoms with Gasteiger partial charge in [-0.15, -0.1) is 0 Å². The van der Waals surface area contributed by atoms with Crippen LogP contribution >= 0.6 is 0 Å². The van der Waals surface area contributed by atoms with Crippen molar-refractivity contribution in [1.29, 1.82) is 0 Å². The summed E-state index contributed by atoms with van der Waals surface area (Å²) in [5.74, 6) is 0.535. The molecule has 4 nitrogen and oxygen atoms in total. The summed E-state index contributed by atoms with van der Waals surface area (Å²) in [7, 11) is 0. The molecule has 4 aromatic carbocycles. The van der Waals surface area contributed by atoms with Crippen molar-refractivity contribution >= 4 is 67.0 Å². The summed E-state index contributed by atoms with van der Waals surface area (Å²) in [6, 6.07) is 0. The number of benzene rings is 4. The van der Waals surface area contributed by atoms with Crippen molar-refractivity contribution in [3.05, 3.63) is 87.6 Å². The topological polar surface area (TPSA) is 68.3 Å². The number of carbonyl (C=O) groups excluding carboxylic acids is 4. The van der Waals surface area contributed by atoms with E-state index in [0.29, 0.717) is 32.1 Å². The molecule has 8 rings (SSSR count). The van der Waals surface area contributed by atoms with Gasteiger partial charge in [0.1, 0.15) is 0 Å². The highest BCUT2D eigenvalue weighted by molar-refractivity contribution is 6.29. The molecule has 236 valence electrons. The molecule has 0 unspecified atom stereocenters. The smallest absolute Gasteiger partial charge is 0.164 e. The molecule has 0 aromatic heterocycles. The first-order valence-electron chi connectivity index (χ1n) is 16.9. The SMILES string of the molecule is CC1=c2c(C)c(C)c3c4c(c(C)c(C)c3c2CC1=O)=C(CC1=c2c(C)c(C)c3c5c(c(C)c(C)c3c2CC1=O)=C(C)C(=O)C5)C(=O)C4. The number of hydrogen-bond donors (Lipinski definition) is 0. The van der Waals surface area contributed by atoms with Crippen LogP contribution in [0.15, 0.2) is 0 Å². The predicted octanol–water partition coefficient (Wildman–Crippen LogP) is 4.69. The van der Waals surface area contributed by atoms with Crippen LogP contribution in [0, 0.1) is 55.4 Å². The molecule has 0 N–H and O–H groups in total. The molecule has 0 bridgehead atoms. The highest BCUT2D eigenvalue weighted by Gasteiger charge is 2.35. The molecule has 4 aromatic rings. The highest BCUT2D eigenvalue weighted by Crippen LogP contribution is 2.38. The molecule has 4 aliphatic carbocycles. The number of rotatable bonds is 2. The van der Waals surface area contributed by atoms with E-state index in [-0.39, 0.29) is 23.1 Å². The lowest BCUT2D eigenvalue weighted by Crippen LogP contribution is -2.21. The number of aryl methyl sites for hydroxylation is 4. The maximum absolute atomic E-state index is 14.1. The third kappa shape index (κ3) is 3.54. The Labute approximate surface area is 274 Å². The van der Waals surface area contributed by atoms with Crippen molar-refractivity contribution in [1.82, 2.24) is 0 Å². The van der Waals surface area contributed by atoms with Gasteiger partial charge in [0.05, 0.1) is 0 Å². The maximum atomic E-state index is 14.1. The van der Waals surface area contributed by atoms with Crippen LogP contribution in [0.5, 0.6) is 0 Å². The zero-order valence-corrected chi connectivity index (χ0v) is 29.2. The monoisotopic (exact) mass is 620 g/mol. The van der Waals surface area contributed by atoms with Crippen molar-refractivity contribution in [2.75, 3.05) is 0 Å². The molecule has 0 amide bonds. The van der Waals surface area contributed by atoms with Crippen LogP contribution in [0.3, 0.4) is 0 Å². The van der Waals surface area contributed by atoms with Gasteiger partial charge in [0.25, 0.3) is 0 Å². The lowest BCUT2D eigenvalue weighted by Gasteiger charge is -2.18. The first kappa shape index (κ1) is 29.9. The van der Waals surface area contributed by atoms with E-state index in [1.165, 1.54) is 0 Å². The Kier molecular flexibility index (Phi) is 6.09. The molecular formula is C43H40O4. The van der Waals surface area contributed by atoms with Gasteiger partial charge in [-0.05, 0) is 178 Å². The van der Waals surface area contributed by atoms with E-state index in [4.69, 9.17) is 0 Å². The van der Waals surface area contributed by atoms with Crippen molar-refractivity contribution < 1.29 is 19.2 Å². The molecule has 0 radical (unpaired) electrons. The van der Waals surface area contributed by atoms with Crippen LogP contribution in [0.2, 0.25) is 0 Å². The first-order valence-corrected chi connectivity index (χ1v) is 16.9. The largest absolute Gasteiger partial charge is 0.294 e. The second-order valence-corrected chi connectivity index (χ2v) is 14.7. The summed E-state index contributed by atoms with van der Waals surface area (Å²) in [4.78, 5) is 54.0. The zero-order chi connectivity index (χ0) is 33.7. The normalized spacial score (nSPS) is 16.9. The Balaban J connectivity index is 1.45. The molecule has 0 saturated heterocycles. The minimum Gasteiger partial charge on any atom is -0.294 e. The van der Waals surface area contributed by atoms with Gasteiger partial charge in [0.15, 0.2) is 23.1 Å². The maximum Gasteiger partial charge on any atom is 0.164 e. The van der Waals surface area contributed by atoms with Gasteiger partial charge in [-0.1, -0.05) is 0 Å². The van der Waals surface area contributed by atoms with Crippen molar-refractivity contribution in [3.8, 4) is 0 Å². The predicted molar refractivity (Wildman–Crippen MR) is 189 cm³/mol. The summed E-state index contributed by atoms with van der Waals surface area (Å²) in [5.41, 5.74) is 16.4. The Morgan fingerprint density at radius 2 is 0.596 bits per heavy atom. The van der Waals surface area contributed by atoms with Gasteiger partial charge in [0, 0.05) is 54.4 Å². The average molecular weight is 621 g/mol. The van der Waals surface area contributed by atoms with E-state index in [0.717, 1.165) is 131 Å². The summed E-state index contributed by atoms with van der Waals surface area (Å²) in [6.45, 7) is 20.8. The fourth-order valence-corrected chi connectivity index (χ4v) is 9.93. The van der Waals surface area contributed by atoms with E-state index >= 15 is 0 Å². The summed E-state index contributed by atoms with van der Waals surface area (Å²) in [6.07, 6.45) is 1.77. The van der Waals surface area contributed by atoms with Gasteiger partial charge < -0.3 is 0 Å². The van der Waals surface area contributed by atoms with E-state index < -0.39 is 0 Å². The number of Topliss-reactive ketones (excluding diaryl/α,β-unsaturated/α-hetero) is 4. The summed E-state index contributed by atoms with van der Waals surface area (Å²) < 4.78 is 0. The van der Waals surface area contributed by atoms with Gasteiger partial charge >= 0.3 is 0 Å². The molecule has 0 heterocycles. The lowest BCUT2D eigenvalue weighted by atomic mass is 9.85. The Morgan fingerprint density at radius 3 is 0.915 bits per heavy atom. The third-order valence-electron chi connectivity index (χ3n) is 12.7. The quantitative estimate of drug-likeness (QED) is 0.326. The van der Waals surface area contributed by atoms with E-state index in [1.807, 2.05) is 13.8 Å². The van der Waals surface area contributed by atoms with Gasteiger partial charge in [-0.25, -0.2) is 0 Å². The van der Waals surface area contributed by atoms with Crippen LogP contribution in [-0.4, -0.2) is 23.1 Å². The number of ketones is 4. The second kappa shape index (κ2) is 9.56. The molecule has 0 atom stereocenters. The van der Waals surface area contributed by atoms with Crippen LogP contribution in [0.4, 0.5) is 0 Å². The van der Waals surface area contributed by atoms with E-state index in [2.05, 4.69) is 55.4 Å². The fraction of sp³-hybridized carbons (Fsp3) is 0.349. The second-order valence-electron chi connectivity index (χ2n) is 14.7. The molecule has 4 heteroatoms. The van der Waals surface area contributed by atoms with E-state index in [9.17, 15) is 19.2 Å². The first-order chi connectivity index (χ1) is 22.2. The molecule has 47 heavy (non-hydrogen) atoms. The molecule has 0 saturated carbocycles. The van der Waals surface area contributed by atoms with Crippen molar-refractivity contribution in [2.24, 2.45) is 0 Å².